The van der Waals surface area contributed by atoms with Crippen LogP contribution in [-0.4, -0.2) is 153 Å². The Kier molecular flexibility index (Phi) is 25.7. The second-order valence-corrected chi connectivity index (χ2v) is 23.5. The molecule has 4 rings (SSSR count). The molecule has 2 N–H and O–H groups in total. The van der Waals surface area contributed by atoms with Crippen LogP contribution in [0.15, 0.2) is 47.6 Å². The molecular weight excluding hydrogens is 974 g/mol. The van der Waals surface area contributed by atoms with Gasteiger partial charge in [0.25, 0.3) is 11.7 Å². The lowest BCUT2D eigenvalue weighted by Gasteiger charge is -2.42. The molecule has 4 aliphatic rings. The summed E-state index contributed by atoms with van der Waals surface area (Å²) in [5.74, 6) is -8.35. The van der Waals surface area contributed by atoms with Crippen LogP contribution >= 0.6 is 7.60 Å². The third-order valence-corrected chi connectivity index (χ3v) is 16.8. The van der Waals surface area contributed by atoms with Gasteiger partial charge in [-0.3, -0.25) is 23.7 Å². The fourth-order valence-corrected chi connectivity index (χ4v) is 12.1. The van der Waals surface area contributed by atoms with Crippen molar-refractivity contribution in [2.24, 2.45) is 35.5 Å². The maximum Gasteiger partial charge on any atom is 0.329 e. The first-order valence-corrected chi connectivity index (χ1v) is 29.0. The van der Waals surface area contributed by atoms with Gasteiger partial charge in [-0.05, 0) is 114 Å². The summed E-state index contributed by atoms with van der Waals surface area (Å²) in [6.07, 6.45) is 10.6. The summed E-state index contributed by atoms with van der Waals surface area (Å²) in [5.41, 5.74) is 1.24. The molecule has 74 heavy (non-hydrogen) atoms. The third kappa shape index (κ3) is 17.9. The lowest BCUT2D eigenvalue weighted by molar-refractivity contribution is -0.265. The fraction of sp³-hybridized carbons (Fsp3) is 0.768. The number of amides is 1. The van der Waals surface area contributed by atoms with Crippen molar-refractivity contribution in [1.29, 1.82) is 0 Å². The maximum atomic E-state index is 14.6. The van der Waals surface area contributed by atoms with Crippen LogP contribution in [0, 0.1) is 35.5 Å². The predicted octanol–water partition coefficient (Wildman–Crippen LogP) is 8.08. The van der Waals surface area contributed by atoms with E-state index >= 15 is 0 Å². The molecule has 2 saturated heterocycles. The molecule has 1 saturated carbocycles. The Hall–Kier alpha value is -3.22. The van der Waals surface area contributed by atoms with E-state index in [0.29, 0.717) is 76.4 Å². The minimum Gasteiger partial charge on any atom is -0.460 e. The molecule has 16 atom stereocenters. The van der Waals surface area contributed by atoms with Crippen LogP contribution in [0.2, 0.25) is 0 Å². The zero-order valence-corrected chi connectivity index (χ0v) is 47.3. The van der Waals surface area contributed by atoms with E-state index in [1.807, 2.05) is 65.0 Å². The molecule has 2 bridgehead atoms. The normalized spacial score (nSPS) is 37.8. The molecule has 1 amide bonds. The first-order valence-electron chi connectivity index (χ1n) is 27.0. The van der Waals surface area contributed by atoms with Crippen molar-refractivity contribution in [2.75, 3.05) is 54.4 Å². The number of rotatable bonds is 13. The molecule has 17 nitrogen and oxygen atoms in total. The number of aliphatic hydroxyl groups excluding tert-OH is 1. The quantitative estimate of drug-likeness (QED) is 0.0585. The molecule has 3 aliphatic heterocycles. The minimum absolute atomic E-state index is 0.00261. The average molecular weight is 1060 g/mol. The minimum atomic E-state index is -3.44. The number of piperidine rings is 1. The van der Waals surface area contributed by atoms with Gasteiger partial charge in [-0.25, -0.2) is 4.79 Å². The molecule has 0 aromatic carbocycles. The highest BCUT2D eigenvalue weighted by Crippen LogP contribution is 2.48. The second-order valence-electron chi connectivity index (χ2n) is 21.5. The summed E-state index contributed by atoms with van der Waals surface area (Å²) in [6, 6.07) is -1.18. The molecule has 3 heterocycles. The molecule has 1 unspecified atom stereocenters. The van der Waals surface area contributed by atoms with Gasteiger partial charge in [0.15, 0.2) is 5.78 Å². The van der Waals surface area contributed by atoms with E-state index in [2.05, 4.69) is 0 Å². The van der Waals surface area contributed by atoms with E-state index in [1.165, 1.54) is 18.7 Å². The molecular formula is C56H90NO16P. The Balaban J connectivity index is 1.67. The van der Waals surface area contributed by atoms with Crippen molar-refractivity contribution >= 4 is 36.8 Å². The zero-order valence-electron chi connectivity index (χ0n) is 46.4. The first kappa shape index (κ1) is 63.3. The number of aliphatic hydroxyl groups is 2. The summed E-state index contributed by atoms with van der Waals surface area (Å²) in [7, 11) is 1.08. The SMILES string of the molecule is CCOCCOP(C)(=O)O[C@@H]1CC[C@@H](C[C@@H](C)[C@@H]2CC(=O)[C@H](C)/C=C(\C)[C@@H](O)[C@@H](OC)C(=O)[C@H](C)C[C@H](C)/C=C/C=C/C=C(\C)[C@@H](OC)C[C@@H]3CC[C@@H](C)[C@@](O)(O3)C(=O)C(=O)N3CCCC[C@H]3C(=O)O2)C[C@H]1OC. The van der Waals surface area contributed by atoms with Gasteiger partial charge in [0.2, 0.25) is 5.79 Å². The number of methoxy groups -OCH3 is 3. The molecule has 0 spiro atoms. The molecule has 0 aromatic rings. The van der Waals surface area contributed by atoms with Gasteiger partial charge in [0.05, 0.1) is 37.6 Å². The van der Waals surface area contributed by atoms with Gasteiger partial charge in [-0.1, -0.05) is 71.1 Å². The topological polar surface area (TPSA) is 220 Å². The number of cyclic esters (lactones) is 1. The van der Waals surface area contributed by atoms with Gasteiger partial charge >= 0.3 is 13.6 Å². The number of ketones is 3. The van der Waals surface area contributed by atoms with Crippen LogP contribution in [0.4, 0.5) is 0 Å². The third-order valence-electron chi connectivity index (χ3n) is 15.5. The summed E-state index contributed by atoms with van der Waals surface area (Å²) in [6.45, 7) is 16.9. The number of ether oxygens (including phenoxy) is 6. The maximum absolute atomic E-state index is 14.6. The van der Waals surface area contributed by atoms with Crippen molar-refractivity contribution in [3.8, 4) is 0 Å². The number of hydrogen-bond donors (Lipinski definition) is 2. The van der Waals surface area contributed by atoms with E-state index in [4.69, 9.17) is 37.5 Å². The summed E-state index contributed by atoms with van der Waals surface area (Å²) in [4.78, 5) is 72.6. The highest BCUT2D eigenvalue weighted by molar-refractivity contribution is 7.53. The Bertz CT molecular complexity index is 2040. The molecule has 3 fully saturated rings. The van der Waals surface area contributed by atoms with E-state index in [1.54, 1.807) is 41.1 Å². The van der Waals surface area contributed by atoms with Crippen LogP contribution in [0.3, 0.4) is 0 Å². The van der Waals surface area contributed by atoms with Crippen molar-refractivity contribution in [1.82, 2.24) is 4.90 Å². The van der Waals surface area contributed by atoms with Gasteiger partial charge in [0.1, 0.15) is 30.1 Å². The average Bonchev–Trinajstić information content (AvgIpc) is 3.36. The van der Waals surface area contributed by atoms with Gasteiger partial charge in [-0.15, -0.1) is 0 Å². The number of carbonyl (C=O) groups excluding carboxylic acids is 5. The van der Waals surface area contributed by atoms with E-state index in [9.17, 15) is 38.8 Å². The Morgan fingerprint density at radius 3 is 2.27 bits per heavy atom. The lowest BCUT2D eigenvalue weighted by Crippen LogP contribution is -2.61. The monoisotopic (exact) mass is 1060 g/mol. The van der Waals surface area contributed by atoms with Crippen molar-refractivity contribution in [3.63, 3.8) is 0 Å². The van der Waals surface area contributed by atoms with Crippen LogP contribution in [-0.2, 0) is 66.0 Å². The highest BCUT2D eigenvalue weighted by Gasteiger charge is 2.53. The van der Waals surface area contributed by atoms with Crippen molar-refractivity contribution < 1.29 is 76.2 Å². The van der Waals surface area contributed by atoms with E-state index < -0.39 is 103 Å². The highest BCUT2D eigenvalue weighted by atomic mass is 31.2. The number of allylic oxidation sites excluding steroid dienone is 6. The lowest BCUT2D eigenvalue weighted by atomic mass is 9.78. The van der Waals surface area contributed by atoms with Crippen molar-refractivity contribution in [2.45, 2.75) is 187 Å². The smallest absolute Gasteiger partial charge is 0.329 e. The van der Waals surface area contributed by atoms with Gasteiger partial charge < -0.3 is 52.6 Å². The number of carbonyl (C=O) groups is 5. The fourth-order valence-electron chi connectivity index (χ4n) is 10.9. The number of esters is 1. The van der Waals surface area contributed by atoms with E-state index in [0.717, 1.165) is 5.57 Å². The molecule has 420 valence electrons. The van der Waals surface area contributed by atoms with Crippen LogP contribution in [0.1, 0.15) is 132 Å². The number of fused-ring (bicyclic) bond motifs is 3. The first-order chi connectivity index (χ1) is 35.0. The number of nitrogens with zero attached hydrogens (tertiary/aromatic N) is 1. The van der Waals surface area contributed by atoms with Gasteiger partial charge in [-0.2, -0.15) is 0 Å². The number of hydrogen-bond acceptors (Lipinski definition) is 16. The zero-order chi connectivity index (χ0) is 54.9. The summed E-state index contributed by atoms with van der Waals surface area (Å²) >= 11 is 0. The predicted molar refractivity (Wildman–Crippen MR) is 280 cm³/mol. The molecule has 0 aromatic heterocycles. The van der Waals surface area contributed by atoms with Gasteiger partial charge in [0, 0.05) is 71.7 Å². The van der Waals surface area contributed by atoms with Crippen LogP contribution < -0.4 is 0 Å². The second kappa shape index (κ2) is 30.1. The Labute approximate surface area is 441 Å². The van der Waals surface area contributed by atoms with Crippen LogP contribution in [0.25, 0.3) is 0 Å². The number of Topliss-reactive ketones (excluding diaryl/α,β-unsaturated/α-hetero) is 3. The van der Waals surface area contributed by atoms with Crippen molar-refractivity contribution in [3.05, 3.63) is 47.6 Å². The molecule has 18 heteroatoms. The largest absolute Gasteiger partial charge is 0.460 e. The standard InChI is InChI=1S/C56H90NO16P/c1-13-69-27-28-70-74(12,65)73-46-25-23-42(32-49(46)67-10)31-38(5)48-34-45(58)37(4)30-40(7)51(60)52(68-11)50(59)39(6)29-35(2)19-15-14-16-20-36(3)47(66-9)33-43-24-22-41(8)56(64,72-43)53(61)54(62)57-26-18-17-21-44(57)55(63)71-48/h14-16,19-20,30,35,37-39,41-44,46-49,51-52,60,64H,13,17-18,21-29,31-34H2,1-12H3/b16-14+,19-15+,36-20+,40-30+/t35-,37-,38-,39-,41-,42+,43+,44+,46-,47+,48+,49-,51-,52+,56-,74?/m1/s1. The Morgan fingerprint density at radius 2 is 1.59 bits per heavy atom. The molecule has 1 aliphatic carbocycles. The molecule has 0 radical (unpaired) electrons. The summed E-state index contributed by atoms with van der Waals surface area (Å²) in [5, 5.41) is 23.6. The van der Waals surface area contributed by atoms with E-state index in [-0.39, 0.29) is 56.0 Å². The summed E-state index contributed by atoms with van der Waals surface area (Å²) < 4.78 is 60.0. The van der Waals surface area contributed by atoms with Crippen LogP contribution in [0.5, 0.6) is 0 Å². The Morgan fingerprint density at radius 1 is 0.865 bits per heavy atom.